The van der Waals surface area contributed by atoms with Crippen LogP contribution in [0.25, 0.3) is 0 Å². The van der Waals surface area contributed by atoms with Crippen LogP contribution in [0.15, 0.2) is 18.2 Å². The monoisotopic (exact) mass is 375 g/mol. The maximum atomic E-state index is 14.2. The molecule has 148 valence electrons. The van der Waals surface area contributed by atoms with Gasteiger partial charge in [0.05, 0.1) is 17.3 Å². The van der Waals surface area contributed by atoms with E-state index in [2.05, 4.69) is 29.2 Å². The topological polar surface area (TPSA) is 44.8 Å². The minimum Gasteiger partial charge on any atom is -0.370 e. The van der Waals surface area contributed by atoms with Crippen molar-refractivity contribution in [3.8, 4) is 0 Å². The largest absolute Gasteiger partial charge is 0.370 e. The number of aryl methyl sites for hydroxylation is 1. The highest BCUT2D eigenvalue weighted by atomic mass is 19.1. The van der Waals surface area contributed by atoms with Crippen molar-refractivity contribution in [3.05, 3.63) is 35.1 Å². The van der Waals surface area contributed by atoms with E-state index in [-0.39, 0.29) is 23.2 Å². The van der Waals surface area contributed by atoms with Gasteiger partial charge in [0.15, 0.2) is 0 Å². The van der Waals surface area contributed by atoms with Crippen LogP contribution in [0.1, 0.15) is 28.8 Å². The van der Waals surface area contributed by atoms with Crippen molar-refractivity contribution in [1.82, 2.24) is 15.1 Å². The predicted octanol–water partition coefficient (Wildman–Crippen LogP) is 1.90. The highest BCUT2D eigenvalue weighted by molar-refractivity contribution is 5.94. The molecule has 3 saturated heterocycles. The Bertz CT molecular complexity index is 725. The van der Waals surface area contributed by atoms with E-state index in [9.17, 15) is 9.18 Å². The predicted molar refractivity (Wildman–Crippen MR) is 102 cm³/mol. The third-order valence-electron chi connectivity index (χ3n) is 6.65. The van der Waals surface area contributed by atoms with Crippen LogP contribution in [0.2, 0.25) is 0 Å². The van der Waals surface area contributed by atoms with Crippen molar-refractivity contribution in [1.29, 1.82) is 0 Å². The summed E-state index contributed by atoms with van der Waals surface area (Å²) in [6.45, 7) is 6.36. The molecule has 1 N–H and O–H groups in total. The van der Waals surface area contributed by atoms with E-state index in [4.69, 9.17) is 4.74 Å². The number of benzene rings is 1. The fourth-order valence-electron chi connectivity index (χ4n) is 5.20. The lowest BCUT2D eigenvalue weighted by molar-refractivity contribution is 0.00241. The molecule has 3 aliphatic heterocycles. The zero-order chi connectivity index (χ0) is 19.2. The molecule has 4 rings (SSSR count). The number of amides is 1. The standard InChI is InChI=1S/C21H30FN3O2/c1-14-5-4-6-15(19(14)22)20(26)23-11-16-17-12-25(10-9-24(2)3)13-21(17)8-7-18(16)27-21/h4-6,16-18H,7-13H2,1-3H3,(H,23,26)/t16-,17+,18+,21+/m0/s1. The summed E-state index contributed by atoms with van der Waals surface area (Å²) in [5.74, 6) is 0.0304. The summed E-state index contributed by atoms with van der Waals surface area (Å²) in [5, 5.41) is 2.98. The van der Waals surface area contributed by atoms with Crippen LogP contribution in [-0.2, 0) is 4.74 Å². The van der Waals surface area contributed by atoms with Crippen LogP contribution in [0.3, 0.4) is 0 Å². The molecule has 0 aliphatic carbocycles. The van der Waals surface area contributed by atoms with Crippen molar-refractivity contribution < 1.29 is 13.9 Å². The van der Waals surface area contributed by atoms with E-state index in [0.29, 0.717) is 23.9 Å². The minimum atomic E-state index is -0.425. The smallest absolute Gasteiger partial charge is 0.254 e. The molecule has 0 unspecified atom stereocenters. The fraction of sp³-hybridized carbons (Fsp3) is 0.667. The van der Waals surface area contributed by atoms with Gasteiger partial charge in [0.2, 0.25) is 0 Å². The SMILES string of the molecule is Cc1cccc(C(=O)NC[C@H]2[C@H]3CN(CCN(C)C)C[C@]34CC[C@H]2O4)c1F. The van der Waals surface area contributed by atoms with E-state index >= 15 is 0 Å². The van der Waals surface area contributed by atoms with Gasteiger partial charge in [-0.15, -0.1) is 0 Å². The van der Waals surface area contributed by atoms with Gasteiger partial charge >= 0.3 is 0 Å². The van der Waals surface area contributed by atoms with E-state index in [0.717, 1.165) is 39.0 Å². The van der Waals surface area contributed by atoms with Crippen LogP contribution in [0.5, 0.6) is 0 Å². The molecule has 0 aromatic heterocycles. The van der Waals surface area contributed by atoms with Crippen molar-refractivity contribution >= 4 is 5.91 Å². The number of carbonyl (C=O) groups excluding carboxylic acids is 1. The van der Waals surface area contributed by atoms with E-state index < -0.39 is 5.82 Å². The molecule has 4 atom stereocenters. The van der Waals surface area contributed by atoms with Gasteiger partial charge in [0.25, 0.3) is 5.91 Å². The molecule has 3 heterocycles. The van der Waals surface area contributed by atoms with Gasteiger partial charge in [-0.05, 0) is 45.5 Å². The third-order valence-corrected chi connectivity index (χ3v) is 6.65. The molecule has 1 aromatic rings. The Kier molecular flexibility index (Phi) is 4.99. The van der Waals surface area contributed by atoms with Crippen LogP contribution < -0.4 is 5.32 Å². The van der Waals surface area contributed by atoms with Crippen molar-refractivity contribution in [2.75, 3.05) is 46.8 Å². The highest BCUT2D eigenvalue weighted by Gasteiger charge is 2.62. The summed E-state index contributed by atoms with van der Waals surface area (Å²) in [6, 6.07) is 4.96. The number of likely N-dealkylation sites (tertiary alicyclic amines) is 1. The van der Waals surface area contributed by atoms with Gasteiger partial charge in [0, 0.05) is 44.6 Å². The number of likely N-dealkylation sites (N-methyl/N-ethyl adjacent to an activating group) is 1. The average molecular weight is 375 g/mol. The molecular weight excluding hydrogens is 345 g/mol. The lowest BCUT2D eigenvalue weighted by Crippen LogP contribution is -2.42. The summed E-state index contributed by atoms with van der Waals surface area (Å²) < 4.78 is 20.7. The Morgan fingerprint density at radius 1 is 1.44 bits per heavy atom. The number of fused-ring (bicyclic) bond motifs is 1. The van der Waals surface area contributed by atoms with Crippen LogP contribution >= 0.6 is 0 Å². The van der Waals surface area contributed by atoms with Gasteiger partial charge in [-0.3, -0.25) is 9.69 Å². The number of carbonyl (C=O) groups is 1. The van der Waals surface area contributed by atoms with Crippen LogP contribution in [0.4, 0.5) is 4.39 Å². The van der Waals surface area contributed by atoms with Crippen LogP contribution in [0, 0.1) is 24.6 Å². The van der Waals surface area contributed by atoms with E-state index in [1.807, 2.05) is 0 Å². The average Bonchev–Trinajstić information content (AvgIpc) is 3.28. The Hall–Kier alpha value is -1.50. The summed E-state index contributed by atoms with van der Waals surface area (Å²) in [7, 11) is 4.19. The number of ether oxygens (including phenoxy) is 1. The fourth-order valence-corrected chi connectivity index (χ4v) is 5.20. The first-order valence-corrected chi connectivity index (χ1v) is 9.98. The second kappa shape index (κ2) is 7.15. The molecular formula is C21H30FN3O2. The molecule has 1 aromatic carbocycles. The van der Waals surface area contributed by atoms with Crippen molar-refractivity contribution in [3.63, 3.8) is 0 Å². The van der Waals surface area contributed by atoms with Gasteiger partial charge < -0.3 is 15.0 Å². The Balaban J connectivity index is 1.40. The Morgan fingerprint density at radius 2 is 2.26 bits per heavy atom. The third kappa shape index (κ3) is 3.39. The lowest BCUT2D eigenvalue weighted by atomic mass is 9.73. The number of nitrogens with one attached hydrogen (secondary N) is 1. The first kappa shape index (κ1) is 18.8. The first-order valence-electron chi connectivity index (χ1n) is 9.98. The molecule has 5 nitrogen and oxygen atoms in total. The summed E-state index contributed by atoms with van der Waals surface area (Å²) in [6.07, 6.45) is 2.42. The number of hydrogen-bond acceptors (Lipinski definition) is 4. The van der Waals surface area contributed by atoms with Gasteiger partial charge in [0.1, 0.15) is 5.82 Å². The number of nitrogens with zero attached hydrogens (tertiary/aromatic N) is 2. The molecule has 0 saturated carbocycles. The molecule has 3 aliphatic rings. The second-order valence-electron chi connectivity index (χ2n) is 8.71. The maximum Gasteiger partial charge on any atom is 0.254 e. The highest BCUT2D eigenvalue weighted by Crippen LogP contribution is 2.54. The molecule has 1 spiro atoms. The normalized spacial score (nSPS) is 32.3. The van der Waals surface area contributed by atoms with Crippen LogP contribution in [-0.4, -0.2) is 74.2 Å². The zero-order valence-corrected chi connectivity index (χ0v) is 16.5. The second-order valence-corrected chi connectivity index (χ2v) is 8.71. The van der Waals surface area contributed by atoms with Gasteiger partial charge in [-0.2, -0.15) is 0 Å². The molecule has 3 fully saturated rings. The lowest BCUT2D eigenvalue weighted by Gasteiger charge is -2.29. The van der Waals surface area contributed by atoms with E-state index in [1.54, 1.807) is 25.1 Å². The van der Waals surface area contributed by atoms with Crippen molar-refractivity contribution in [2.24, 2.45) is 11.8 Å². The summed E-state index contributed by atoms with van der Waals surface area (Å²) in [4.78, 5) is 17.2. The summed E-state index contributed by atoms with van der Waals surface area (Å²) >= 11 is 0. The molecule has 6 heteroatoms. The van der Waals surface area contributed by atoms with Gasteiger partial charge in [-0.1, -0.05) is 12.1 Å². The first-order chi connectivity index (χ1) is 12.9. The summed E-state index contributed by atoms with van der Waals surface area (Å²) in [5.41, 5.74) is 0.603. The molecule has 27 heavy (non-hydrogen) atoms. The molecule has 2 bridgehead atoms. The number of rotatable bonds is 6. The number of hydrogen-bond donors (Lipinski definition) is 1. The quantitative estimate of drug-likeness (QED) is 0.825. The Labute approximate surface area is 160 Å². The van der Waals surface area contributed by atoms with Gasteiger partial charge in [-0.25, -0.2) is 4.39 Å². The number of halogens is 1. The van der Waals surface area contributed by atoms with E-state index in [1.165, 1.54) is 0 Å². The Morgan fingerprint density at radius 3 is 3.04 bits per heavy atom. The molecule has 1 amide bonds. The molecule has 0 radical (unpaired) electrons. The van der Waals surface area contributed by atoms with Crippen molar-refractivity contribution in [2.45, 2.75) is 31.5 Å². The zero-order valence-electron chi connectivity index (χ0n) is 16.5. The maximum absolute atomic E-state index is 14.2. The minimum absolute atomic E-state index is 0.0268.